The second-order valence-electron chi connectivity index (χ2n) is 6.42. The minimum absolute atomic E-state index is 0.181. The maximum absolute atomic E-state index is 12.9. The number of hydrogen-bond donors (Lipinski definition) is 0. The van der Waals surface area contributed by atoms with Gasteiger partial charge in [0, 0.05) is 25.4 Å². The van der Waals surface area contributed by atoms with Gasteiger partial charge in [-0.3, -0.25) is 4.79 Å². The summed E-state index contributed by atoms with van der Waals surface area (Å²) in [5.41, 5.74) is 1.09. The van der Waals surface area contributed by atoms with Gasteiger partial charge in [-0.1, -0.05) is 31.9 Å². The molecule has 2 unspecified atom stereocenters. The Bertz CT molecular complexity index is 457. The van der Waals surface area contributed by atoms with Gasteiger partial charge in [0.2, 0.25) is 0 Å². The summed E-state index contributed by atoms with van der Waals surface area (Å²) in [7, 11) is 2.04. The molecule has 0 bridgehead atoms. The number of benzene rings is 1. The molecule has 21 heavy (non-hydrogen) atoms. The van der Waals surface area contributed by atoms with Crippen molar-refractivity contribution in [1.29, 1.82) is 0 Å². The molecule has 0 spiro atoms. The molecule has 1 aromatic rings. The molecule has 3 heteroatoms. The van der Waals surface area contributed by atoms with Crippen molar-refractivity contribution in [2.45, 2.75) is 45.6 Å². The number of nitrogens with zero attached hydrogens (tertiary/aromatic N) is 1. The fraction of sp³-hybridized carbons (Fsp3) is 0.611. The van der Waals surface area contributed by atoms with Gasteiger partial charge >= 0.3 is 0 Å². The van der Waals surface area contributed by atoms with Crippen LogP contribution in [0.3, 0.4) is 0 Å². The number of carbonyl (C=O) groups excluding carboxylic acids is 1. The Morgan fingerprint density at radius 3 is 2.67 bits per heavy atom. The van der Waals surface area contributed by atoms with Crippen LogP contribution in [0, 0.1) is 17.7 Å². The van der Waals surface area contributed by atoms with E-state index in [1.165, 1.54) is 25.0 Å². The fourth-order valence-electron chi connectivity index (χ4n) is 3.39. The van der Waals surface area contributed by atoms with Gasteiger partial charge in [0.25, 0.3) is 0 Å². The molecule has 0 radical (unpaired) electrons. The summed E-state index contributed by atoms with van der Waals surface area (Å²) in [4.78, 5) is 14.3. The lowest BCUT2D eigenvalue weighted by Gasteiger charge is -2.31. The molecule has 116 valence electrons. The molecule has 0 amide bonds. The highest BCUT2D eigenvalue weighted by molar-refractivity contribution is 5.81. The Morgan fingerprint density at radius 2 is 2.00 bits per heavy atom. The summed E-state index contributed by atoms with van der Waals surface area (Å²) in [6.07, 6.45) is 5.31. The summed E-state index contributed by atoms with van der Waals surface area (Å²) in [6, 6.07) is 6.61. The number of hydrogen-bond acceptors (Lipinski definition) is 2. The average Bonchev–Trinajstić information content (AvgIpc) is 2.45. The van der Waals surface area contributed by atoms with Crippen LogP contribution >= 0.6 is 0 Å². The van der Waals surface area contributed by atoms with Crippen LogP contribution in [0.4, 0.5) is 4.39 Å². The van der Waals surface area contributed by atoms with Crippen molar-refractivity contribution >= 4 is 5.78 Å². The number of rotatable bonds is 6. The van der Waals surface area contributed by atoms with E-state index in [4.69, 9.17) is 0 Å². The topological polar surface area (TPSA) is 20.3 Å². The Balaban J connectivity index is 1.86. The van der Waals surface area contributed by atoms with Gasteiger partial charge < -0.3 is 4.90 Å². The first kappa shape index (κ1) is 16.2. The normalized spacial score (nSPS) is 22.8. The SMILES string of the molecule is CCCC1CCC(=O)C(CN(C)Cc2ccc(F)cc2)C1. The van der Waals surface area contributed by atoms with E-state index >= 15 is 0 Å². The van der Waals surface area contributed by atoms with Gasteiger partial charge in [0.1, 0.15) is 11.6 Å². The number of Topliss-reactive ketones (excluding diaryl/α,β-unsaturated/α-hetero) is 1. The second-order valence-corrected chi connectivity index (χ2v) is 6.42. The molecule has 1 aliphatic rings. The third-order valence-electron chi connectivity index (χ3n) is 4.47. The Hall–Kier alpha value is -1.22. The molecule has 2 nitrogen and oxygen atoms in total. The molecular formula is C18H26FNO. The van der Waals surface area contributed by atoms with Crippen LogP contribution in [0.2, 0.25) is 0 Å². The van der Waals surface area contributed by atoms with Gasteiger partial charge in [-0.05, 0) is 43.5 Å². The van der Waals surface area contributed by atoms with Gasteiger partial charge in [-0.2, -0.15) is 0 Å². The molecule has 0 heterocycles. The van der Waals surface area contributed by atoms with Crippen LogP contribution in [-0.2, 0) is 11.3 Å². The number of ketones is 1. The van der Waals surface area contributed by atoms with Crippen molar-refractivity contribution in [3.63, 3.8) is 0 Å². The monoisotopic (exact) mass is 291 g/mol. The zero-order chi connectivity index (χ0) is 15.2. The third-order valence-corrected chi connectivity index (χ3v) is 4.47. The smallest absolute Gasteiger partial charge is 0.137 e. The van der Waals surface area contributed by atoms with Crippen LogP contribution in [0.1, 0.15) is 44.6 Å². The zero-order valence-corrected chi connectivity index (χ0v) is 13.1. The van der Waals surface area contributed by atoms with E-state index in [1.807, 2.05) is 19.2 Å². The van der Waals surface area contributed by atoms with E-state index in [2.05, 4.69) is 11.8 Å². The molecule has 1 saturated carbocycles. The highest BCUT2D eigenvalue weighted by Crippen LogP contribution is 2.30. The Labute approximate surface area is 127 Å². The molecule has 0 saturated heterocycles. The van der Waals surface area contributed by atoms with Crippen molar-refractivity contribution in [2.75, 3.05) is 13.6 Å². The van der Waals surface area contributed by atoms with Crippen molar-refractivity contribution in [3.05, 3.63) is 35.6 Å². The van der Waals surface area contributed by atoms with Crippen LogP contribution in [0.5, 0.6) is 0 Å². The van der Waals surface area contributed by atoms with Crippen molar-refractivity contribution < 1.29 is 9.18 Å². The molecule has 2 rings (SSSR count). The largest absolute Gasteiger partial charge is 0.301 e. The van der Waals surface area contributed by atoms with Crippen LogP contribution < -0.4 is 0 Å². The zero-order valence-electron chi connectivity index (χ0n) is 13.1. The van der Waals surface area contributed by atoms with Crippen LogP contribution in [0.15, 0.2) is 24.3 Å². The summed E-state index contributed by atoms with van der Waals surface area (Å²) in [5, 5.41) is 0. The Morgan fingerprint density at radius 1 is 1.29 bits per heavy atom. The van der Waals surface area contributed by atoms with E-state index in [-0.39, 0.29) is 11.7 Å². The predicted octanol–water partition coefficient (Wildman–Crippen LogP) is 4.04. The highest BCUT2D eigenvalue weighted by atomic mass is 19.1. The molecular weight excluding hydrogens is 265 g/mol. The van der Waals surface area contributed by atoms with E-state index in [0.717, 1.165) is 43.8 Å². The standard InChI is InChI=1S/C18H26FNO/c1-3-4-14-7-10-18(21)16(11-14)13-20(2)12-15-5-8-17(19)9-6-15/h5-6,8-9,14,16H,3-4,7,10-13H2,1-2H3. The summed E-state index contributed by atoms with van der Waals surface area (Å²) in [5.74, 6) is 1.12. The third kappa shape index (κ3) is 4.92. The molecule has 0 aromatic heterocycles. The fourth-order valence-corrected chi connectivity index (χ4v) is 3.39. The summed E-state index contributed by atoms with van der Waals surface area (Å²) < 4.78 is 12.9. The molecule has 1 fully saturated rings. The summed E-state index contributed by atoms with van der Waals surface area (Å²) in [6.45, 7) is 3.80. The van der Waals surface area contributed by atoms with Gasteiger partial charge in [0.05, 0.1) is 0 Å². The lowest BCUT2D eigenvalue weighted by atomic mass is 9.78. The van der Waals surface area contributed by atoms with Crippen molar-refractivity contribution in [3.8, 4) is 0 Å². The molecule has 1 aromatic carbocycles. The first-order valence-electron chi connectivity index (χ1n) is 8.04. The van der Waals surface area contributed by atoms with Gasteiger partial charge in [0.15, 0.2) is 0 Å². The maximum atomic E-state index is 12.9. The van der Waals surface area contributed by atoms with Gasteiger partial charge in [-0.25, -0.2) is 4.39 Å². The lowest BCUT2D eigenvalue weighted by Crippen LogP contribution is -2.34. The van der Waals surface area contributed by atoms with Gasteiger partial charge in [-0.15, -0.1) is 0 Å². The molecule has 0 aliphatic heterocycles. The quantitative estimate of drug-likeness (QED) is 0.788. The lowest BCUT2D eigenvalue weighted by molar-refractivity contribution is -0.126. The van der Waals surface area contributed by atoms with E-state index in [1.54, 1.807) is 0 Å². The first-order chi connectivity index (χ1) is 10.1. The predicted molar refractivity (Wildman–Crippen MR) is 83.5 cm³/mol. The van der Waals surface area contributed by atoms with E-state index < -0.39 is 0 Å². The second kappa shape index (κ2) is 7.69. The van der Waals surface area contributed by atoms with Crippen LogP contribution in [0.25, 0.3) is 0 Å². The molecule has 1 aliphatic carbocycles. The van der Waals surface area contributed by atoms with Crippen LogP contribution in [-0.4, -0.2) is 24.3 Å². The van der Waals surface area contributed by atoms with E-state index in [0.29, 0.717) is 5.78 Å². The number of halogens is 1. The minimum atomic E-state index is -0.203. The first-order valence-corrected chi connectivity index (χ1v) is 8.04. The van der Waals surface area contributed by atoms with E-state index in [9.17, 15) is 9.18 Å². The number of carbonyl (C=O) groups is 1. The highest BCUT2D eigenvalue weighted by Gasteiger charge is 2.28. The molecule has 2 atom stereocenters. The molecule has 0 N–H and O–H groups in total. The van der Waals surface area contributed by atoms with Crippen molar-refractivity contribution in [1.82, 2.24) is 4.90 Å². The summed E-state index contributed by atoms with van der Waals surface area (Å²) >= 11 is 0. The van der Waals surface area contributed by atoms with Crippen molar-refractivity contribution in [2.24, 2.45) is 11.8 Å². The minimum Gasteiger partial charge on any atom is -0.301 e. The average molecular weight is 291 g/mol. The Kier molecular flexibility index (Phi) is 5.92. The maximum Gasteiger partial charge on any atom is 0.137 e.